The largest absolute Gasteiger partial charge is 0.494 e. The number of benzene rings is 3. The van der Waals surface area contributed by atoms with Crippen molar-refractivity contribution in [1.29, 1.82) is 0 Å². The Labute approximate surface area is 213 Å². The molecule has 3 rings (SSSR count). The number of methoxy groups -OCH3 is 1. The second-order valence-corrected chi connectivity index (χ2v) is 7.71. The quantitative estimate of drug-likeness (QED) is 0.145. The van der Waals surface area contributed by atoms with Crippen LogP contribution >= 0.6 is 11.6 Å². The lowest BCUT2D eigenvalue weighted by Gasteiger charge is -2.10. The van der Waals surface area contributed by atoms with Gasteiger partial charge in [0.1, 0.15) is 5.75 Å². The molecule has 0 unspecified atom stereocenters. The molecular formula is C26H24ClN3O6. The molecule has 2 amide bonds. The van der Waals surface area contributed by atoms with E-state index in [0.717, 1.165) is 6.42 Å². The third-order valence-corrected chi connectivity index (χ3v) is 4.99. The van der Waals surface area contributed by atoms with Crippen LogP contribution in [0.3, 0.4) is 0 Å². The molecule has 0 saturated heterocycles. The smallest absolute Gasteiger partial charge is 0.343 e. The highest BCUT2D eigenvalue weighted by atomic mass is 35.5. The lowest BCUT2D eigenvalue weighted by molar-refractivity contribution is -0.136. The fraction of sp³-hybridized carbons (Fsp3) is 0.154. The number of rotatable bonds is 9. The molecule has 0 saturated carbocycles. The Morgan fingerprint density at radius 3 is 2.42 bits per heavy atom. The Morgan fingerprint density at radius 1 is 0.972 bits per heavy atom. The molecular weight excluding hydrogens is 486 g/mol. The number of anilines is 1. The minimum atomic E-state index is -0.977. The van der Waals surface area contributed by atoms with Crippen LogP contribution in [0.15, 0.2) is 71.8 Å². The van der Waals surface area contributed by atoms with Gasteiger partial charge in [-0.2, -0.15) is 5.10 Å². The summed E-state index contributed by atoms with van der Waals surface area (Å²) in [5, 5.41) is 6.47. The summed E-state index contributed by atoms with van der Waals surface area (Å²) in [6.45, 7) is 2.60. The zero-order chi connectivity index (χ0) is 25.9. The maximum Gasteiger partial charge on any atom is 0.343 e. The van der Waals surface area contributed by atoms with E-state index in [2.05, 4.69) is 15.8 Å². The van der Waals surface area contributed by atoms with E-state index in [0.29, 0.717) is 34.2 Å². The first kappa shape index (κ1) is 26.2. The molecule has 3 aromatic carbocycles. The maximum absolute atomic E-state index is 12.5. The number of halogens is 1. The van der Waals surface area contributed by atoms with Crippen molar-refractivity contribution in [2.45, 2.75) is 13.3 Å². The van der Waals surface area contributed by atoms with Crippen molar-refractivity contribution in [2.24, 2.45) is 5.10 Å². The first-order valence-electron chi connectivity index (χ1n) is 10.9. The van der Waals surface area contributed by atoms with Crippen molar-refractivity contribution in [3.63, 3.8) is 0 Å². The van der Waals surface area contributed by atoms with Crippen LogP contribution in [-0.2, 0) is 9.59 Å². The summed E-state index contributed by atoms with van der Waals surface area (Å²) in [5.41, 5.74) is 3.31. The molecule has 0 radical (unpaired) electrons. The van der Waals surface area contributed by atoms with Crippen molar-refractivity contribution >= 4 is 41.3 Å². The monoisotopic (exact) mass is 509 g/mol. The van der Waals surface area contributed by atoms with Crippen LogP contribution in [0.1, 0.15) is 29.3 Å². The Bertz CT molecular complexity index is 1260. The minimum Gasteiger partial charge on any atom is -0.494 e. The van der Waals surface area contributed by atoms with E-state index in [4.69, 9.17) is 25.8 Å². The lowest BCUT2D eigenvalue weighted by Crippen LogP contribution is -2.32. The molecule has 0 heterocycles. The average molecular weight is 510 g/mol. The summed E-state index contributed by atoms with van der Waals surface area (Å²) in [7, 11) is 1.42. The van der Waals surface area contributed by atoms with Crippen molar-refractivity contribution < 1.29 is 28.6 Å². The SMILES string of the molecule is CCCOc1ccc(C(=O)Oc2ccc(/C=N/NC(=O)C(=O)Nc3ccccc3Cl)cc2OC)cc1. The average Bonchev–Trinajstić information content (AvgIpc) is 2.89. The van der Waals surface area contributed by atoms with Gasteiger partial charge in [-0.05, 0) is 66.6 Å². The van der Waals surface area contributed by atoms with Crippen LogP contribution in [0, 0.1) is 0 Å². The summed E-state index contributed by atoms with van der Waals surface area (Å²) in [6, 6.07) is 17.8. The molecule has 10 heteroatoms. The van der Waals surface area contributed by atoms with Gasteiger partial charge in [-0.3, -0.25) is 9.59 Å². The Kier molecular flexibility index (Phi) is 9.41. The molecule has 0 aliphatic heterocycles. The van der Waals surface area contributed by atoms with Crippen LogP contribution in [0.25, 0.3) is 0 Å². The number of hydrogen-bond acceptors (Lipinski definition) is 7. The van der Waals surface area contributed by atoms with Gasteiger partial charge < -0.3 is 19.5 Å². The van der Waals surface area contributed by atoms with E-state index < -0.39 is 17.8 Å². The van der Waals surface area contributed by atoms with Gasteiger partial charge in [0.25, 0.3) is 0 Å². The summed E-state index contributed by atoms with van der Waals surface area (Å²) >= 11 is 5.96. The molecule has 3 aromatic rings. The first-order chi connectivity index (χ1) is 17.4. The first-order valence-corrected chi connectivity index (χ1v) is 11.3. The normalized spacial score (nSPS) is 10.5. The standard InChI is InChI=1S/C26H24ClN3O6/c1-3-14-35-19-11-9-18(10-12-19)26(33)36-22-13-8-17(15-23(22)34-2)16-28-30-25(32)24(31)29-21-7-5-4-6-20(21)27/h4-13,15-16H,3,14H2,1-2H3,(H,29,31)(H,30,32)/b28-16+. The fourth-order valence-electron chi connectivity index (χ4n) is 2.87. The van der Waals surface area contributed by atoms with E-state index in [1.165, 1.54) is 19.4 Å². The van der Waals surface area contributed by atoms with Gasteiger partial charge in [-0.15, -0.1) is 0 Å². The molecule has 0 fully saturated rings. The molecule has 2 N–H and O–H groups in total. The van der Waals surface area contributed by atoms with Crippen molar-refractivity contribution in [1.82, 2.24) is 5.43 Å². The highest BCUT2D eigenvalue weighted by molar-refractivity contribution is 6.41. The van der Waals surface area contributed by atoms with Crippen molar-refractivity contribution in [2.75, 3.05) is 19.0 Å². The third kappa shape index (κ3) is 7.31. The molecule has 0 bridgehead atoms. The van der Waals surface area contributed by atoms with E-state index in [1.54, 1.807) is 60.7 Å². The van der Waals surface area contributed by atoms with E-state index >= 15 is 0 Å². The predicted molar refractivity (Wildman–Crippen MR) is 136 cm³/mol. The zero-order valence-electron chi connectivity index (χ0n) is 19.6. The Morgan fingerprint density at radius 2 is 1.72 bits per heavy atom. The van der Waals surface area contributed by atoms with Gasteiger partial charge in [-0.25, -0.2) is 10.2 Å². The molecule has 0 spiro atoms. The number of hydrazone groups is 1. The number of nitrogens with zero attached hydrogens (tertiary/aromatic N) is 1. The number of hydrogen-bond donors (Lipinski definition) is 2. The molecule has 186 valence electrons. The number of carbonyl (C=O) groups excluding carboxylic acids is 3. The maximum atomic E-state index is 12.5. The number of nitrogens with one attached hydrogen (secondary N) is 2. The Hall–Kier alpha value is -4.37. The molecule has 9 nitrogen and oxygen atoms in total. The van der Waals surface area contributed by atoms with Crippen molar-refractivity contribution in [3.8, 4) is 17.2 Å². The van der Waals surface area contributed by atoms with Gasteiger partial charge >= 0.3 is 17.8 Å². The number of para-hydroxylation sites is 1. The minimum absolute atomic E-state index is 0.203. The summed E-state index contributed by atoms with van der Waals surface area (Å²) in [5.74, 6) is -1.32. The molecule has 36 heavy (non-hydrogen) atoms. The number of amides is 2. The van der Waals surface area contributed by atoms with Crippen LogP contribution < -0.4 is 25.0 Å². The van der Waals surface area contributed by atoms with Gasteiger partial charge in [-0.1, -0.05) is 30.7 Å². The second-order valence-electron chi connectivity index (χ2n) is 7.31. The van der Waals surface area contributed by atoms with Gasteiger partial charge in [0.05, 0.1) is 36.2 Å². The fourth-order valence-corrected chi connectivity index (χ4v) is 3.06. The van der Waals surface area contributed by atoms with E-state index in [-0.39, 0.29) is 11.5 Å². The zero-order valence-corrected chi connectivity index (χ0v) is 20.4. The molecule has 0 aliphatic carbocycles. The molecule has 0 aliphatic rings. The summed E-state index contributed by atoms with van der Waals surface area (Å²) in [6.07, 6.45) is 2.19. The second kappa shape index (κ2) is 12.9. The molecule has 0 atom stereocenters. The summed E-state index contributed by atoms with van der Waals surface area (Å²) in [4.78, 5) is 36.5. The van der Waals surface area contributed by atoms with Crippen LogP contribution in [0.5, 0.6) is 17.2 Å². The summed E-state index contributed by atoms with van der Waals surface area (Å²) < 4.78 is 16.3. The topological polar surface area (TPSA) is 115 Å². The number of ether oxygens (including phenoxy) is 3. The number of esters is 1. The highest BCUT2D eigenvalue weighted by Gasteiger charge is 2.15. The Balaban J connectivity index is 1.58. The van der Waals surface area contributed by atoms with E-state index in [9.17, 15) is 14.4 Å². The predicted octanol–water partition coefficient (Wildman–Crippen LogP) is 4.45. The van der Waals surface area contributed by atoms with Crippen LogP contribution in [0.2, 0.25) is 5.02 Å². The van der Waals surface area contributed by atoms with Gasteiger partial charge in [0, 0.05) is 0 Å². The number of carbonyl (C=O) groups is 3. The van der Waals surface area contributed by atoms with Gasteiger partial charge in [0.15, 0.2) is 11.5 Å². The highest BCUT2D eigenvalue weighted by Crippen LogP contribution is 2.28. The van der Waals surface area contributed by atoms with E-state index in [1.807, 2.05) is 6.92 Å². The van der Waals surface area contributed by atoms with Crippen molar-refractivity contribution in [3.05, 3.63) is 82.9 Å². The lowest BCUT2D eigenvalue weighted by atomic mass is 10.2. The van der Waals surface area contributed by atoms with Gasteiger partial charge in [0.2, 0.25) is 0 Å². The van der Waals surface area contributed by atoms with Crippen LogP contribution in [-0.4, -0.2) is 37.7 Å². The third-order valence-electron chi connectivity index (χ3n) is 4.66. The molecule has 0 aromatic heterocycles. The van der Waals surface area contributed by atoms with Crippen LogP contribution in [0.4, 0.5) is 5.69 Å².